The summed E-state index contributed by atoms with van der Waals surface area (Å²) in [7, 11) is 0. The first kappa shape index (κ1) is 16.6. The molecular weight excluding hydrogens is 347 g/mol. The third-order valence-corrected chi connectivity index (χ3v) is 5.24. The second kappa shape index (κ2) is 6.80. The van der Waals surface area contributed by atoms with Crippen LogP contribution in [0.15, 0.2) is 64.0 Å². The fourth-order valence-corrected chi connectivity index (χ4v) is 3.85. The smallest absolute Gasteiger partial charge is 0.163 e. The average Bonchev–Trinajstić information content (AvgIpc) is 3.12. The van der Waals surface area contributed by atoms with Gasteiger partial charge < -0.3 is 5.73 Å². The van der Waals surface area contributed by atoms with Crippen LogP contribution in [0.4, 0.5) is 10.2 Å². The number of rotatable bonds is 3. The lowest BCUT2D eigenvalue weighted by Gasteiger charge is -2.13. The van der Waals surface area contributed by atoms with E-state index in [4.69, 9.17) is 10.7 Å². The summed E-state index contributed by atoms with van der Waals surface area (Å²) in [6.07, 6.45) is 2.52. The quantitative estimate of drug-likeness (QED) is 0.747. The van der Waals surface area contributed by atoms with Crippen molar-refractivity contribution in [2.24, 2.45) is 15.7 Å². The SMILES string of the molecule is CCc1ccnc2c1C(c1cccc(F)c1)=NC(c1cccs1)C(N)=N2. The second-order valence-electron chi connectivity index (χ2n) is 5.96. The summed E-state index contributed by atoms with van der Waals surface area (Å²) in [5.74, 6) is 0.615. The molecule has 26 heavy (non-hydrogen) atoms. The van der Waals surface area contributed by atoms with Crippen LogP contribution in [0, 0.1) is 5.82 Å². The first-order valence-electron chi connectivity index (χ1n) is 8.37. The second-order valence-corrected chi connectivity index (χ2v) is 6.94. The van der Waals surface area contributed by atoms with E-state index in [1.807, 2.05) is 29.6 Å². The number of amidine groups is 1. The van der Waals surface area contributed by atoms with Crippen molar-refractivity contribution in [1.82, 2.24) is 4.98 Å². The maximum Gasteiger partial charge on any atom is 0.163 e. The topological polar surface area (TPSA) is 63.6 Å². The van der Waals surface area contributed by atoms with Crippen LogP contribution in [0.2, 0.25) is 0 Å². The minimum atomic E-state index is -0.410. The van der Waals surface area contributed by atoms with E-state index in [2.05, 4.69) is 16.9 Å². The van der Waals surface area contributed by atoms with E-state index in [9.17, 15) is 4.39 Å². The Labute approximate surface area is 155 Å². The van der Waals surface area contributed by atoms with Gasteiger partial charge in [-0.25, -0.2) is 14.4 Å². The number of fused-ring (bicyclic) bond motifs is 1. The Morgan fingerprint density at radius 2 is 2.08 bits per heavy atom. The zero-order valence-electron chi connectivity index (χ0n) is 14.2. The Bertz CT molecular complexity index is 1010. The highest BCUT2D eigenvalue weighted by atomic mass is 32.1. The molecular formula is C20H17FN4S. The van der Waals surface area contributed by atoms with Crippen LogP contribution in [0.1, 0.15) is 34.5 Å². The molecule has 6 heteroatoms. The molecule has 0 radical (unpaired) electrons. The van der Waals surface area contributed by atoms with E-state index in [1.54, 1.807) is 23.6 Å². The number of aliphatic imine (C=N–C) groups is 2. The molecule has 2 aromatic heterocycles. The van der Waals surface area contributed by atoms with Crippen LogP contribution in [0.5, 0.6) is 0 Å². The predicted molar refractivity (Wildman–Crippen MR) is 104 cm³/mol. The van der Waals surface area contributed by atoms with Gasteiger partial charge in [-0.05, 0) is 41.6 Å². The van der Waals surface area contributed by atoms with Crippen molar-refractivity contribution < 1.29 is 4.39 Å². The van der Waals surface area contributed by atoms with Gasteiger partial charge in [-0.2, -0.15) is 0 Å². The minimum absolute atomic E-state index is 0.306. The molecule has 1 aliphatic rings. The van der Waals surface area contributed by atoms with Gasteiger partial charge >= 0.3 is 0 Å². The lowest BCUT2D eigenvalue weighted by Crippen LogP contribution is -2.20. The monoisotopic (exact) mass is 364 g/mol. The van der Waals surface area contributed by atoms with Crippen molar-refractivity contribution in [3.05, 3.63) is 81.4 Å². The van der Waals surface area contributed by atoms with Crippen LogP contribution < -0.4 is 5.73 Å². The number of aromatic nitrogens is 1. The number of hydrogen-bond donors (Lipinski definition) is 1. The van der Waals surface area contributed by atoms with Crippen LogP contribution in [-0.4, -0.2) is 16.5 Å². The van der Waals surface area contributed by atoms with Crippen LogP contribution in [-0.2, 0) is 6.42 Å². The lowest BCUT2D eigenvalue weighted by atomic mass is 9.96. The van der Waals surface area contributed by atoms with Crippen molar-refractivity contribution in [3.63, 3.8) is 0 Å². The Hall–Kier alpha value is -2.86. The number of nitrogens with zero attached hydrogens (tertiary/aromatic N) is 3. The summed E-state index contributed by atoms with van der Waals surface area (Å²) in [6.45, 7) is 2.06. The van der Waals surface area contributed by atoms with E-state index in [1.165, 1.54) is 12.1 Å². The predicted octanol–water partition coefficient (Wildman–Crippen LogP) is 4.43. The molecule has 0 amide bonds. The Kier molecular flexibility index (Phi) is 4.34. The maximum atomic E-state index is 13.9. The van der Waals surface area contributed by atoms with Gasteiger partial charge in [-0.15, -0.1) is 11.3 Å². The highest BCUT2D eigenvalue weighted by molar-refractivity contribution is 7.10. The first-order valence-corrected chi connectivity index (χ1v) is 9.24. The number of aryl methyl sites for hydroxylation is 1. The van der Waals surface area contributed by atoms with Gasteiger partial charge in [0.25, 0.3) is 0 Å². The molecule has 1 aromatic carbocycles. The number of halogens is 1. The molecule has 0 spiro atoms. The Morgan fingerprint density at radius 1 is 1.19 bits per heavy atom. The fourth-order valence-electron chi connectivity index (χ4n) is 3.08. The van der Waals surface area contributed by atoms with Crippen molar-refractivity contribution in [2.75, 3.05) is 0 Å². The van der Waals surface area contributed by atoms with E-state index < -0.39 is 6.04 Å². The summed E-state index contributed by atoms with van der Waals surface area (Å²) >= 11 is 1.57. The summed E-state index contributed by atoms with van der Waals surface area (Å²) in [4.78, 5) is 14.9. The van der Waals surface area contributed by atoms with Gasteiger partial charge in [0.15, 0.2) is 5.82 Å². The number of thiophene rings is 1. The molecule has 3 heterocycles. The molecule has 0 fully saturated rings. The first-order chi connectivity index (χ1) is 12.7. The molecule has 0 saturated heterocycles. The third-order valence-electron chi connectivity index (χ3n) is 4.32. The largest absolute Gasteiger partial charge is 0.385 e. The molecule has 2 N–H and O–H groups in total. The molecule has 0 bridgehead atoms. The molecule has 4 nitrogen and oxygen atoms in total. The van der Waals surface area contributed by atoms with Gasteiger partial charge in [0.05, 0.1) is 5.71 Å². The molecule has 130 valence electrons. The normalized spacial score (nSPS) is 16.5. The van der Waals surface area contributed by atoms with Gasteiger partial charge in [-0.3, -0.25) is 4.99 Å². The highest BCUT2D eigenvalue weighted by Gasteiger charge is 2.26. The highest BCUT2D eigenvalue weighted by Crippen LogP contribution is 2.33. The number of hydrogen-bond acceptors (Lipinski definition) is 5. The van der Waals surface area contributed by atoms with Gasteiger partial charge in [0, 0.05) is 22.2 Å². The van der Waals surface area contributed by atoms with E-state index in [0.717, 1.165) is 22.4 Å². The summed E-state index contributed by atoms with van der Waals surface area (Å²) in [6, 6.07) is 11.9. The molecule has 1 unspecified atom stereocenters. The number of nitrogens with two attached hydrogens (primary N) is 1. The van der Waals surface area contributed by atoms with E-state index in [-0.39, 0.29) is 5.82 Å². The third kappa shape index (κ3) is 2.93. The fraction of sp³-hybridized carbons (Fsp3) is 0.150. The lowest BCUT2D eigenvalue weighted by molar-refractivity contribution is 0.627. The molecule has 0 aliphatic carbocycles. The maximum absolute atomic E-state index is 13.9. The van der Waals surface area contributed by atoms with Gasteiger partial charge in [0.2, 0.25) is 0 Å². The molecule has 0 saturated carbocycles. The van der Waals surface area contributed by atoms with E-state index in [0.29, 0.717) is 22.9 Å². The van der Waals surface area contributed by atoms with Crippen molar-refractivity contribution in [2.45, 2.75) is 19.4 Å². The average molecular weight is 364 g/mol. The van der Waals surface area contributed by atoms with Gasteiger partial charge in [0.1, 0.15) is 17.7 Å². The summed E-state index contributed by atoms with van der Waals surface area (Å²) in [5.41, 5.74) is 9.53. The molecule has 3 aromatic rings. The number of benzene rings is 1. The van der Waals surface area contributed by atoms with Gasteiger partial charge in [-0.1, -0.05) is 25.1 Å². The van der Waals surface area contributed by atoms with Crippen molar-refractivity contribution in [1.29, 1.82) is 0 Å². The molecule has 1 atom stereocenters. The summed E-state index contributed by atoms with van der Waals surface area (Å²) in [5, 5.41) is 1.98. The standard InChI is InChI=1S/C20H17FN4S/c1-2-12-8-9-23-20-16(12)17(13-5-3-6-14(21)11-13)24-18(19(22)25-20)15-7-4-10-26-15/h3-11,18H,2H2,1H3,(H2,22,23,25). The zero-order chi connectivity index (χ0) is 18.1. The summed E-state index contributed by atoms with van der Waals surface area (Å²) < 4.78 is 13.9. The minimum Gasteiger partial charge on any atom is -0.385 e. The van der Waals surface area contributed by atoms with Crippen molar-refractivity contribution >= 4 is 28.7 Å². The van der Waals surface area contributed by atoms with E-state index >= 15 is 0 Å². The number of pyridine rings is 1. The molecule has 1 aliphatic heterocycles. The van der Waals surface area contributed by atoms with Crippen LogP contribution >= 0.6 is 11.3 Å². The Balaban J connectivity index is 2.01. The zero-order valence-corrected chi connectivity index (χ0v) is 15.0. The Morgan fingerprint density at radius 3 is 2.81 bits per heavy atom. The van der Waals surface area contributed by atoms with Crippen LogP contribution in [0.25, 0.3) is 0 Å². The van der Waals surface area contributed by atoms with Crippen LogP contribution in [0.3, 0.4) is 0 Å². The molecule has 4 rings (SSSR count). The van der Waals surface area contributed by atoms with Crippen molar-refractivity contribution in [3.8, 4) is 0 Å².